The van der Waals surface area contributed by atoms with Crippen molar-refractivity contribution in [3.8, 4) is 0 Å². The first-order chi connectivity index (χ1) is 15.9. The molecule has 193 valence electrons. The van der Waals surface area contributed by atoms with Crippen molar-refractivity contribution < 1.29 is 0 Å². The second-order valence-electron chi connectivity index (χ2n) is 10.1. The fourth-order valence-electron chi connectivity index (χ4n) is 4.44. The number of hydrogen-bond acceptors (Lipinski definition) is 2. The van der Waals surface area contributed by atoms with Crippen LogP contribution >= 0.6 is 0 Å². The Morgan fingerprint density at radius 2 is 0.688 bits per heavy atom. The number of rotatable bonds is 29. The third-order valence-electron chi connectivity index (χ3n) is 6.70. The first-order valence-electron chi connectivity index (χ1n) is 15.1. The van der Waals surface area contributed by atoms with Crippen molar-refractivity contribution in [2.45, 2.75) is 162 Å². The highest BCUT2D eigenvalue weighted by molar-refractivity contribution is 4.67. The molecule has 0 saturated heterocycles. The van der Waals surface area contributed by atoms with Crippen LogP contribution in [-0.2, 0) is 0 Å². The summed E-state index contributed by atoms with van der Waals surface area (Å²) in [5.41, 5.74) is 0. The summed E-state index contributed by atoms with van der Waals surface area (Å²) in [7, 11) is 0. The smallest absolute Gasteiger partial charge is 0.00462 e. The molecule has 2 nitrogen and oxygen atoms in total. The van der Waals surface area contributed by atoms with E-state index in [4.69, 9.17) is 0 Å². The maximum absolute atomic E-state index is 3.63. The van der Waals surface area contributed by atoms with Gasteiger partial charge in [0.1, 0.15) is 0 Å². The highest BCUT2D eigenvalue weighted by Gasteiger charge is 1.95. The topological polar surface area (TPSA) is 24.1 Å². The van der Waals surface area contributed by atoms with Crippen LogP contribution in [0.25, 0.3) is 0 Å². The van der Waals surface area contributed by atoms with Crippen LogP contribution in [0.5, 0.6) is 0 Å². The van der Waals surface area contributed by atoms with E-state index in [-0.39, 0.29) is 0 Å². The molecule has 0 fully saturated rings. The van der Waals surface area contributed by atoms with E-state index in [1.54, 1.807) is 0 Å². The van der Waals surface area contributed by atoms with Gasteiger partial charge in [0.2, 0.25) is 0 Å². The summed E-state index contributed by atoms with van der Waals surface area (Å²) in [6.07, 6.45) is 34.9. The van der Waals surface area contributed by atoms with Crippen LogP contribution in [-0.4, -0.2) is 26.2 Å². The van der Waals surface area contributed by atoms with E-state index in [1.807, 2.05) is 0 Å². The minimum Gasteiger partial charge on any atom is -0.317 e. The van der Waals surface area contributed by atoms with Gasteiger partial charge in [-0.1, -0.05) is 129 Å². The Balaban J connectivity index is 2.98. The molecule has 32 heavy (non-hydrogen) atoms. The fraction of sp³-hybridized carbons (Fsp3) is 0.967. The molecule has 0 saturated carbocycles. The van der Waals surface area contributed by atoms with E-state index < -0.39 is 0 Å². The molecule has 2 N–H and O–H groups in total. The summed E-state index contributed by atoms with van der Waals surface area (Å²) in [5.74, 6) is 0. The molecule has 0 aromatic carbocycles. The average molecular weight is 452 g/mol. The third-order valence-corrected chi connectivity index (χ3v) is 6.70. The van der Waals surface area contributed by atoms with Crippen molar-refractivity contribution in [1.82, 2.24) is 10.6 Å². The van der Waals surface area contributed by atoms with Crippen LogP contribution in [0.4, 0.5) is 0 Å². The van der Waals surface area contributed by atoms with Crippen molar-refractivity contribution in [2.24, 2.45) is 0 Å². The molecule has 0 aromatic rings. The van der Waals surface area contributed by atoms with Crippen LogP contribution < -0.4 is 10.6 Å². The zero-order valence-corrected chi connectivity index (χ0v) is 22.7. The molecule has 0 aliphatic rings. The average Bonchev–Trinajstić information content (AvgIpc) is 2.81. The quantitative estimate of drug-likeness (QED) is 0.111. The summed E-state index contributed by atoms with van der Waals surface area (Å²) in [6, 6.07) is 0. The normalized spacial score (nSPS) is 11.4. The lowest BCUT2D eigenvalue weighted by atomic mass is 10.1. The molecule has 0 rings (SSSR count). The van der Waals surface area contributed by atoms with Crippen LogP contribution in [0.15, 0.2) is 0 Å². The Morgan fingerprint density at radius 3 is 1.12 bits per heavy atom. The highest BCUT2D eigenvalue weighted by atomic mass is 14.8. The lowest BCUT2D eigenvalue weighted by Crippen LogP contribution is -2.18. The van der Waals surface area contributed by atoms with Crippen LogP contribution in [0, 0.1) is 6.42 Å². The van der Waals surface area contributed by atoms with Crippen molar-refractivity contribution in [3.05, 3.63) is 6.42 Å². The summed E-state index contributed by atoms with van der Waals surface area (Å²) in [4.78, 5) is 0. The van der Waals surface area contributed by atoms with E-state index in [2.05, 4.69) is 30.9 Å². The minimum atomic E-state index is 1.17. The fourth-order valence-corrected chi connectivity index (χ4v) is 4.44. The minimum absolute atomic E-state index is 1.17. The standard InChI is InChI=1S/C30H63N2/c1-3-5-7-9-11-13-15-17-19-23-27-31-29-25-21-22-26-30-32-28-24-20-18-16-14-12-10-8-6-4-2/h21,31-32H,3-20,22-30H2,1-2H3. The Bertz CT molecular complexity index is 275. The molecule has 0 spiro atoms. The van der Waals surface area contributed by atoms with Crippen LogP contribution in [0.1, 0.15) is 162 Å². The summed E-state index contributed by atoms with van der Waals surface area (Å²) < 4.78 is 0. The molecule has 0 aliphatic heterocycles. The van der Waals surface area contributed by atoms with Crippen LogP contribution in [0.3, 0.4) is 0 Å². The SMILES string of the molecule is CCCCCCCCCCCCNCC[CH]CCCNCCCCCCCCCCCC. The number of unbranched alkanes of at least 4 members (excludes halogenated alkanes) is 21. The van der Waals surface area contributed by atoms with Gasteiger partial charge in [-0.05, 0) is 64.7 Å². The molecule has 0 atom stereocenters. The second-order valence-corrected chi connectivity index (χ2v) is 10.1. The number of nitrogens with one attached hydrogen (secondary N) is 2. The molecule has 0 unspecified atom stereocenters. The Kier molecular flexibility index (Phi) is 30.8. The predicted octanol–water partition coefficient (Wildman–Crippen LogP) is 9.38. The molecule has 0 aliphatic carbocycles. The van der Waals surface area contributed by atoms with Gasteiger partial charge < -0.3 is 10.6 Å². The van der Waals surface area contributed by atoms with Crippen molar-refractivity contribution >= 4 is 0 Å². The monoisotopic (exact) mass is 451 g/mol. The molecule has 0 amide bonds. The maximum atomic E-state index is 3.63. The molecule has 1 radical (unpaired) electrons. The van der Waals surface area contributed by atoms with Gasteiger partial charge in [0.25, 0.3) is 0 Å². The van der Waals surface area contributed by atoms with E-state index in [0.29, 0.717) is 0 Å². The molecule has 0 aromatic heterocycles. The van der Waals surface area contributed by atoms with E-state index >= 15 is 0 Å². The molecular weight excluding hydrogens is 388 g/mol. The highest BCUT2D eigenvalue weighted by Crippen LogP contribution is 2.11. The second kappa shape index (κ2) is 30.9. The van der Waals surface area contributed by atoms with Gasteiger partial charge in [-0.15, -0.1) is 0 Å². The Labute approximate surface area is 204 Å². The molecule has 0 bridgehead atoms. The first kappa shape index (κ1) is 31.9. The third kappa shape index (κ3) is 29.9. The lowest BCUT2D eigenvalue weighted by molar-refractivity contribution is 0.537. The van der Waals surface area contributed by atoms with E-state index in [9.17, 15) is 0 Å². The molecule has 2 heteroatoms. The zero-order valence-electron chi connectivity index (χ0n) is 22.7. The first-order valence-corrected chi connectivity index (χ1v) is 15.1. The van der Waals surface area contributed by atoms with Gasteiger partial charge in [-0.2, -0.15) is 0 Å². The van der Waals surface area contributed by atoms with Gasteiger partial charge >= 0.3 is 0 Å². The zero-order chi connectivity index (χ0) is 23.2. The predicted molar refractivity (Wildman–Crippen MR) is 148 cm³/mol. The summed E-state index contributed by atoms with van der Waals surface area (Å²) >= 11 is 0. The van der Waals surface area contributed by atoms with Crippen LogP contribution in [0.2, 0.25) is 0 Å². The lowest BCUT2D eigenvalue weighted by Gasteiger charge is -2.06. The van der Waals surface area contributed by atoms with Crippen molar-refractivity contribution in [3.63, 3.8) is 0 Å². The van der Waals surface area contributed by atoms with Gasteiger partial charge in [0.05, 0.1) is 0 Å². The molecule has 0 heterocycles. The van der Waals surface area contributed by atoms with Crippen molar-refractivity contribution in [2.75, 3.05) is 26.2 Å². The van der Waals surface area contributed by atoms with E-state index in [0.717, 1.165) is 0 Å². The summed E-state index contributed by atoms with van der Waals surface area (Å²) in [5, 5.41) is 7.24. The van der Waals surface area contributed by atoms with Gasteiger partial charge in [-0.25, -0.2) is 0 Å². The van der Waals surface area contributed by atoms with Gasteiger partial charge in [0.15, 0.2) is 0 Å². The van der Waals surface area contributed by atoms with Gasteiger partial charge in [-0.3, -0.25) is 0 Å². The number of hydrogen-bond donors (Lipinski definition) is 2. The Morgan fingerprint density at radius 1 is 0.344 bits per heavy atom. The van der Waals surface area contributed by atoms with Crippen molar-refractivity contribution in [1.29, 1.82) is 0 Å². The van der Waals surface area contributed by atoms with Gasteiger partial charge in [0, 0.05) is 0 Å². The summed E-state index contributed by atoms with van der Waals surface area (Å²) in [6.45, 7) is 9.39. The largest absolute Gasteiger partial charge is 0.317 e. The molecular formula is C30H63N2. The Hall–Kier alpha value is -0.0800. The maximum Gasteiger partial charge on any atom is -0.00462 e. The van der Waals surface area contributed by atoms with E-state index in [1.165, 1.54) is 174 Å².